The summed E-state index contributed by atoms with van der Waals surface area (Å²) >= 11 is 13.7. The highest BCUT2D eigenvalue weighted by Gasteiger charge is 2.22. The highest BCUT2D eigenvalue weighted by atomic mass is 35.5. The fourth-order valence-corrected chi connectivity index (χ4v) is 4.05. The summed E-state index contributed by atoms with van der Waals surface area (Å²) < 4.78 is 6.00. The number of hydrogen-bond donors (Lipinski definition) is 1. The monoisotopic (exact) mass is 478 g/mol. The number of thiazole rings is 1. The van der Waals surface area contributed by atoms with Gasteiger partial charge in [-0.25, -0.2) is 4.98 Å². The fraction of sp³-hybridized carbons (Fsp3) is 0.304. The van der Waals surface area contributed by atoms with Gasteiger partial charge in [-0.15, -0.1) is 11.3 Å². The Balaban J connectivity index is 1.83. The van der Waals surface area contributed by atoms with E-state index in [0.29, 0.717) is 33.6 Å². The molecule has 0 bridgehead atoms. The van der Waals surface area contributed by atoms with Crippen molar-refractivity contribution >= 4 is 40.4 Å². The van der Waals surface area contributed by atoms with Crippen molar-refractivity contribution in [2.24, 2.45) is 0 Å². The van der Waals surface area contributed by atoms with Gasteiger partial charge in [0.2, 0.25) is 0 Å². The number of aliphatic hydroxyl groups is 1. The molecule has 8 heteroatoms. The van der Waals surface area contributed by atoms with E-state index in [2.05, 4.69) is 4.98 Å². The van der Waals surface area contributed by atoms with Crippen molar-refractivity contribution in [1.82, 2.24) is 9.88 Å². The number of nitrogens with zero attached hydrogens (tertiary/aromatic N) is 2. The van der Waals surface area contributed by atoms with Crippen molar-refractivity contribution in [3.63, 3.8) is 0 Å². The molecule has 0 saturated carbocycles. The third kappa shape index (κ3) is 6.20. The van der Waals surface area contributed by atoms with Gasteiger partial charge >= 0.3 is 0 Å². The predicted molar refractivity (Wildman–Crippen MR) is 125 cm³/mol. The SMILES string of the molecule is CCC(C)N(Cc1cc(Cl)ccc1OCc1nc(CO)cs1)C(=O)c1ccc(Cl)cc1. The lowest BCUT2D eigenvalue weighted by Gasteiger charge is -2.29. The molecule has 164 valence electrons. The van der Waals surface area contributed by atoms with Crippen molar-refractivity contribution in [3.05, 3.63) is 79.7 Å². The van der Waals surface area contributed by atoms with E-state index in [1.54, 1.807) is 41.8 Å². The first-order valence-electron chi connectivity index (χ1n) is 9.93. The normalized spacial score (nSPS) is 11.9. The fourth-order valence-electron chi connectivity index (χ4n) is 3.03. The molecule has 1 N–H and O–H groups in total. The maximum absolute atomic E-state index is 13.2. The summed E-state index contributed by atoms with van der Waals surface area (Å²) in [5.74, 6) is 0.562. The first kappa shape index (κ1) is 23.5. The number of carbonyl (C=O) groups excluding carboxylic acids is 1. The van der Waals surface area contributed by atoms with Gasteiger partial charge in [-0.05, 0) is 55.8 Å². The third-order valence-corrected chi connectivity index (χ3v) is 6.31. The topological polar surface area (TPSA) is 62.7 Å². The van der Waals surface area contributed by atoms with Crippen LogP contribution in [0, 0.1) is 0 Å². The van der Waals surface area contributed by atoms with Gasteiger partial charge in [-0.1, -0.05) is 30.1 Å². The molecule has 3 rings (SSSR count). The number of aliphatic hydroxyl groups excluding tert-OH is 1. The summed E-state index contributed by atoms with van der Waals surface area (Å²) in [5.41, 5.74) is 2.01. The minimum atomic E-state index is -0.0978. The Morgan fingerprint density at radius 1 is 1.19 bits per heavy atom. The molecule has 0 saturated heterocycles. The molecule has 2 aromatic carbocycles. The molecular weight excluding hydrogens is 455 g/mol. The quantitative estimate of drug-likeness (QED) is 0.411. The van der Waals surface area contributed by atoms with Crippen LogP contribution >= 0.6 is 34.5 Å². The van der Waals surface area contributed by atoms with E-state index in [1.165, 1.54) is 11.3 Å². The van der Waals surface area contributed by atoms with E-state index in [-0.39, 0.29) is 25.2 Å². The highest BCUT2D eigenvalue weighted by Crippen LogP contribution is 2.27. The molecular formula is C23H24Cl2N2O3S. The molecule has 0 aliphatic rings. The second kappa shape index (κ2) is 11.0. The molecule has 5 nitrogen and oxygen atoms in total. The average Bonchev–Trinajstić information content (AvgIpc) is 3.24. The molecule has 1 atom stereocenters. The van der Waals surface area contributed by atoms with E-state index < -0.39 is 0 Å². The molecule has 0 aliphatic carbocycles. The van der Waals surface area contributed by atoms with E-state index in [9.17, 15) is 9.90 Å². The van der Waals surface area contributed by atoms with E-state index in [1.807, 2.05) is 24.8 Å². The van der Waals surface area contributed by atoms with Gasteiger partial charge in [0.15, 0.2) is 0 Å². The molecule has 0 spiro atoms. The molecule has 0 aliphatic heterocycles. The van der Waals surface area contributed by atoms with E-state index >= 15 is 0 Å². The molecule has 31 heavy (non-hydrogen) atoms. The zero-order chi connectivity index (χ0) is 22.4. The smallest absolute Gasteiger partial charge is 0.254 e. The molecule has 3 aromatic rings. The second-order valence-electron chi connectivity index (χ2n) is 7.13. The minimum absolute atomic E-state index is 0.0149. The molecule has 1 aromatic heterocycles. The Morgan fingerprint density at radius 2 is 1.90 bits per heavy atom. The number of amides is 1. The molecule has 1 unspecified atom stereocenters. The van der Waals surface area contributed by atoms with Gasteiger partial charge in [0.05, 0.1) is 12.3 Å². The lowest BCUT2D eigenvalue weighted by atomic mass is 10.1. The zero-order valence-corrected chi connectivity index (χ0v) is 19.7. The zero-order valence-electron chi connectivity index (χ0n) is 17.3. The van der Waals surface area contributed by atoms with Crippen molar-refractivity contribution in [1.29, 1.82) is 0 Å². The number of rotatable bonds is 9. The van der Waals surface area contributed by atoms with Crippen LogP contribution in [0.2, 0.25) is 10.0 Å². The van der Waals surface area contributed by atoms with Crippen LogP contribution in [0.3, 0.4) is 0 Å². The Morgan fingerprint density at radius 3 is 2.55 bits per heavy atom. The summed E-state index contributed by atoms with van der Waals surface area (Å²) in [6, 6.07) is 12.3. The first-order chi connectivity index (χ1) is 14.9. The van der Waals surface area contributed by atoms with Crippen LogP contribution in [-0.2, 0) is 19.8 Å². The molecule has 1 heterocycles. The Labute approximate surface area is 196 Å². The maximum atomic E-state index is 13.2. The van der Waals surface area contributed by atoms with Gasteiger partial charge in [0.25, 0.3) is 5.91 Å². The van der Waals surface area contributed by atoms with Gasteiger partial charge in [-0.2, -0.15) is 0 Å². The number of benzene rings is 2. The van der Waals surface area contributed by atoms with Crippen LogP contribution < -0.4 is 4.74 Å². The third-order valence-electron chi connectivity index (χ3n) is 4.95. The Kier molecular flexibility index (Phi) is 8.32. The van der Waals surface area contributed by atoms with Gasteiger partial charge in [0, 0.05) is 39.1 Å². The lowest BCUT2D eigenvalue weighted by Crippen LogP contribution is -2.37. The maximum Gasteiger partial charge on any atom is 0.254 e. The van der Waals surface area contributed by atoms with Crippen LogP contribution in [0.5, 0.6) is 5.75 Å². The number of halogens is 2. The average molecular weight is 479 g/mol. The number of hydrogen-bond acceptors (Lipinski definition) is 5. The first-order valence-corrected chi connectivity index (χ1v) is 11.6. The van der Waals surface area contributed by atoms with Crippen LogP contribution in [0.4, 0.5) is 0 Å². The minimum Gasteiger partial charge on any atom is -0.486 e. The summed E-state index contributed by atoms with van der Waals surface area (Å²) in [6.45, 7) is 4.59. The van der Waals surface area contributed by atoms with Gasteiger partial charge in [0.1, 0.15) is 17.4 Å². The van der Waals surface area contributed by atoms with E-state index in [0.717, 1.165) is 17.0 Å². The summed E-state index contributed by atoms with van der Waals surface area (Å²) in [4.78, 5) is 19.4. The lowest BCUT2D eigenvalue weighted by molar-refractivity contribution is 0.0669. The number of aromatic nitrogens is 1. The van der Waals surface area contributed by atoms with Crippen LogP contribution in [0.1, 0.15) is 46.9 Å². The Hall–Kier alpha value is -2.12. The van der Waals surface area contributed by atoms with Crippen molar-refractivity contribution in [2.75, 3.05) is 0 Å². The summed E-state index contributed by atoms with van der Waals surface area (Å²) in [6.07, 6.45) is 0.805. The predicted octanol–water partition coefficient (Wildman–Crippen LogP) is 5.96. The highest BCUT2D eigenvalue weighted by molar-refractivity contribution is 7.09. The number of ether oxygens (including phenoxy) is 1. The van der Waals surface area contributed by atoms with Crippen molar-refractivity contribution in [2.45, 2.75) is 46.1 Å². The van der Waals surface area contributed by atoms with Gasteiger partial charge in [-0.3, -0.25) is 4.79 Å². The van der Waals surface area contributed by atoms with Crippen molar-refractivity contribution in [3.8, 4) is 5.75 Å². The molecule has 0 radical (unpaired) electrons. The van der Waals surface area contributed by atoms with E-state index in [4.69, 9.17) is 27.9 Å². The summed E-state index contributed by atoms with van der Waals surface area (Å²) in [5, 5.41) is 12.9. The van der Waals surface area contributed by atoms with Crippen LogP contribution in [-0.4, -0.2) is 26.9 Å². The largest absolute Gasteiger partial charge is 0.486 e. The standard InChI is InChI=1S/C23H24Cl2N2O3S/c1-3-15(2)27(23(29)16-4-6-18(24)7-5-16)11-17-10-19(25)8-9-21(17)30-13-22-26-20(12-28)14-31-22/h4-10,14-15,28H,3,11-13H2,1-2H3. The molecule has 1 amide bonds. The Bertz CT molecular complexity index is 1020. The summed E-state index contributed by atoms with van der Waals surface area (Å²) in [7, 11) is 0. The van der Waals surface area contributed by atoms with Crippen molar-refractivity contribution < 1.29 is 14.6 Å². The van der Waals surface area contributed by atoms with Gasteiger partial charge < -0.3 is 14.7 Å². The second-order valence-corrected chi connectivity index (χ2v) is 8.94. The van der Waals surface area contributed by atoms with Crippen LogP contribution in [0.25, 0.3) is 0 Å². The number of carbonyl (C=O) groups is 1. The molecule has 0 fully saturated rings. The van der Waals surface area contributed by atoms with Crippen LogP contribution in [0.15, 0.2) is 47.8 Å².